The zero-order chi connectivity index (χ0) is 21.5. The van der Waals surface area contributed by atoms with Crippen LogP contribution in [0.1, 0.15) is 55.6 Å². The molecule has 1 aliphatic carbocycles. The molecule has 0 bridgehead atoms. The van der Waals surface area contributed by atoms with Gasteiger partial charge in [0.25, 0.3) is 0 Å². The van der Waals surface area contributed by atoms with E-state index in [0.717, 1.165) is 97.6 Å². The minimum atomic E-state index is 0.395. The molecule has 1 N–H and O–H groups in total. The van der Waals surface area contributed by atoms with E-state index in [0.29, 0.717) is 6.04 Å². The summed E-state index contributed by atoms with van der Waals surface area (Å²) in [6.07, 6.45) is 10.9. The molecular formula is C24H31N7O. The lowest BCUT2D eigenvalue weighted by atomic mass is 10.00. The second-order valence-electron chi connectivity index (χ2n) is 9.29. The molecule has 0 aromatic carbocycles. The fourth-order valence-corrected chi connectivity index (χ4v) is 5.18. The Bertz CT molecular complexity index is 1130. The topological polar surface area (TPSA) is 80.5 Å². The molecule has 6 rings (SSSR count). The van der Waals surface area contributed by atoms with Crippen LogP contribution in [0.5, 0.6) is 0 Å². The van der Waals surface area contributed by atoms with Crippen molar-refractivity contribution in [2.75, 3.05) is 36.5 Å². The first-order valence-electron chi connectivity index (χ1n) is 12.1. The van der Waals surface area contributed by atoms with Crippen LogP contribution in [0.3, 0.4) is 0 Å². The number of hydrogen-bond acceptors (Lipinski definition) is 7. The maximum absolute atomic E-state index is 5.55. The molecule has 2 aliphatic heterocycles. The van der Waals surface area contributed by atoms with Gasteiger partial charge in [0.05, 0.1) is 29.0 Å². The van der Waals surface area contributed by atoms with Crippen molar-refractivity contribution in [2.45, 2.75) is 64.3 Å². The average molecular weight is 434 g/mol. The monoisotopic (exact) mass is 433 g/mol. The van der Waals surface area contributed by atoms with E-state index in [-0.39, 0.29) is 0 Å². The molecule has 3 aromatic heterocycles. The predicted molar refractivity (Wildman–Crippen MR) is 124 cm³/mol. The van der Waals surface area contributed by atoms with Crippen molar-refractivity contribution in [3.63, 3.8) is 0 Å². The van der Waals surface area contributed by atoms with Crippen molar-refractivity contribution in [1.29, 1.82) is 0 Å². The van der Waals surface area contributed by atoms with E-state index in [4.69, 9.17) is 24.8 Å². The highest BCUT2D eigenvalue weighted by Gasteiger charge is 2.22. The molecular weight excluding hydrogens is 402 g/mol. The van der Waals surface area contributed by atoms with Crippen LogP contribution in [0.15, 0.2) is 12.3 Å². The van der Waals surface area contributed by atoms with E-state index in [1.54, 1.807) is 0 Å². The minimum absolute atomic E-state index is 0.395. The Labute approximate surface area is 188 Å². The van der Waals surface area contributed by atoms with Crippen LogP contribution in [-0.4, -0.2) is 56.9 Å². The highest BCUT2D eigenvalue weighted by Crippen LogP contribution is 2.30. The lowest BCUT2D eigenvalue weighted by Crippen LogP contribution is -2.28. The minimum Gasteiger partial charge on any atom is -0.381 e. The van der Waals surface area contributed by atoms with Gasteiger partial charge in [0.2, 0.25) is 0 Å². The largest absolute Gasteiger partial charge is 0.381 e. The molecule has 2 fully saturated rings. The summed E-state index contributed by atoms with van der Waals surface area (Å²) >= 11 is 0. The van der Waals surface area contributed by atoms with E-state index < -0.39 is 0 Å². The second kappa shape index (κ2) is 8.31. The Morgan fingerprint density at radius 1 is 0.969 bits per heavy atom. The molecule has 0 radical (unpaired) electrons. The van der Waals surface area contributed by atoms with E-state index in [9.17, 15) is 0 Å². The van der Waals surface area contributed by atoms with Crippen LogP contribution in [0.25, 0.3) is 17.0 Å². The predicted octanol–water partition coefficient (Wildman–Crippen LogP) is 3.56. The molecule has 32 heavy (non-hydrogen) atoms. The van der Waals surface area contributed by atoms with Gasteiger partial charge in [-0.2, -0.15) is 0 Å². The van der Waals surface area contributed by atoms with Gasteiger partial charge in [0, 0.05) is 38.4 Å². The zero-order valence-corrected chi connectivity index (χ0v) is 18.8. The number of aromatic nitrogens is 5. The molecule has 0 atom stereocenters. The highest BCUT2D eigenvalue weighted by atomic mass is 16.5. The molecule has 3 aliphatic rings. The Morgan fingerprint density at radius 3 is 2.50 bits per heavy atom. The number of fused-ring (bicyclic) bond motifs is 2. The quantitative estimate of drug-likeness (QED) is 0.674. The molecule has 5 heterocycles. The smallest absolute Gasteiger partial charge is 0.177 e. The van der Waals surface area contributed by atoms with Gasteiger partial charge in [-0.3, -0.25) is 4.98 Å². The van der Waals surface area contributed by atoms with Crippen molar-refractivity contribution in [3.05, 3.63) is 29.3 Å². The van der Waals surface area contributed by atoms with Gasteiger partial charge < -0.3 is 15.0 Å². The molecule has 0 amide bonds. The molecule has 8 nitrogen and oxygen atoms in total. The Morgan fingerprint density at radius 2 is 1.72 bits per heavy atom. The Hall–Kier alpha value is -2.74. The van der Waals surface area contributed by atoms with Gasteiger partial charge in [-0.1, -0.05) is 0 Å². The Balaban J connectivity index is 1.43. The van der Waals surface area contributed by atoms with Crippen molar-refractivity contribution < 1.29 is 4.74 Å². The summed E-state index contributed by atoms with van der Waals surface area (Å²) in [6.45, 7) is 5.78. The first kappa shape index (κ1) is 19.9. The van der Waals surface area contributed by atoms with Gasteiger partial charge in [-0.15, -0.1) is 5.10 Å². The van der Waals surface area contributed by atoms with Gasteiger partial charge in [0.15, 0.2) is 11.5 Å². The summed E-state index contributed by atoms with van der Waals surface area (Å²) < 4.78 is 7.49. The van der Waals surface area contributed by atoms with Gasteiger partial charge in [-0.25, -0.2) is 14.5 Å². The fourth-order valence-electron chi connectivity index (χ4n) is 5.18. The summed E-state index contributed by atoms with van der Waals surface area (Å²) in [5, 5.41) is 8.69. The van der Waals surface area contributed by atoms with E-state index in [2.05, 4.69) is 16.3 Å². The van der Waals surface area contributed by atoms with Crippen LogP contribution < -0.4 is 10.2 Å². The third-order valence-corrected chi connectivity index (χ3v) is 6.97. The van der Waals surface area contributed by atoms with Crippen LogP contribution >= 0.6 is 0 Å². The Kier molecular flexibility index (Phi) is 5.17. The molecule has 0 saturated carbocycles. The number of anilines is 2. The summed E-state index contributed by atoms with van der Waals surface area (Å²) in [7, 11) is 0. The number of hydrogen-bond donors (Lipinski definition) is 1. The molecule has 168 valence electrons. The number of imidazole rings is 1. The third kappa shape index (κ3) is 3.70. The van der Waals surface area contributed by atoms with Crippen molar-refractivity contribution in [1.82, 2.24) is 24.6 Å². The van der Waals surface area contributed by atoms with Crippen molar-refractivity contribution in [2.24, 2.45) is 0 Å². The summed E-state index contributed by atoms with van der Waals surface area (Å²) in [6, 6.07) is 2.57. The molecule has 0 spiro atoms. The normalized spacial score (nSPS) is 19.5. The summed E-state index contributed by atoms with van der Waals surface area (Å²) in [5.74, 6) is 1.02. The van der Waals surface area contributed by atoms with Crippen LogP contribution in [0.4, 0.5) is 11.5 Å². The standard InChI is InChI=1S/C24H31N7O/c1-16-23(27-19-7-3-2-6-18(19)25-16)21-15-31-24(28-21)20(26-17-8-12-32-13-9-17)14-22(29-31)30-10-4-5-11-30/h14-15,17,26H,2-13H2,1H3. The highest BCUT2D eigenvalue weighted by molar-refractivity contribution is 5.74. The lowest BCUT2D eigenvalue weighted by molar-refractivity contribution is 0.0904. The van der Waals surface area contributed by atoms with E-state index >= 15 is 0 Å². The number of ether oxygens (including phenoxy) is 1. The number of rotatable bonds is 4. The lowest BCUT2D eigenvalue weighted by Gasteiger charge is -2.25. The fraction of sp³-hybridized carbons (Fsp3) is 0.583. The van der Waals surface area contributed by atoms with Crippen LogP contribution in [-0.2, 0) is 17.6 Å². The van der Waals surface area contributed by atoms with Gasteiger partial charge in [-0.05, 0) is 58.3 Å². The maximum atomic E-state index is 5.55. The number of aryl methyl sites for hydroxylation is 3. The molecule has 8 heteroatoms. The SMILES string of the molecule is Cc1nc2c(nc1-c1cn3nc(N4CCCC4)cc(NC4CCOCC4)c3n1)CCCC2. The van der Waals surface area contributed by atoms with Gasteiger partial charge >= 0.3 is 0 Å². The van der Waals surface area contributed by atoms with Gasteiger partial charge in [0.1, 0.15) is 11.4 Å². The number of nitrogens with one attached hydrogen (secondary N) is 1. The summed E-state index contributed by atoms with van der Waals surface area (Å²) in [5.41, 5.74) is 6.89. The third-order valence-electron chi connectivity index (χ3n) is 6.97. The van der Waals surface area contributed by atoms with Crippen LogP contribution in [0, 0.1) is 6.92 Å². The van der Waals surface area contributed by atoms with E-state index in [1.165, 1.54) is 25.7 Å². The van der Waals surface area contributed by atoms with E-state index in [1.807, 2.05) is 17.6 Å². The van der Waals surface area contributed by atoms with Crippen molar-refractivity contribution in [3.8, 4) is 11.4 Å². The molecule has 0 unspecified atom stereocenters. The van der Waals surface area contributed by atoms with Crippen LogP contribution in [0.2, 0.25) is 0 Å². The average Bonchev–Trinajstić information content (AvgIpc) is 3.49. The first-order chi connectivity index (χ1) is 15.7. The summed E-state index contributed by atoms with van der Waals surface area (Å²) in [4.78, 5) is 17.3. The second-order valence-corrected chi connectivity index (χ2v) is 9.29. The first-order valence-corrected chi connectivity index (χ1v) is 12.1. The maximum Gasteiger partial charge on any atom is 0.177 e. The molecule has 2 saturated heterocycles. The molecule has 3 aromatic rings. The van der Waals surface area contributed by atoms with Crippen molar-refractivity contribution >= 4 is 17.2 Å². The zero-order valence-electron chi connectivity index (χ0n) is 18.8. The number of nitrogens with zero attached hydrogens (tertiary/aromatic N) is 6.